The Morgan fingerprint density at radius 1 is 1.71 bits per heavy atom. The molecular formula is C10H14NOSW-. The molecule has 1 unspecified atom stereocenters. The van der Waals surface area contributed by atoms with Gasteiger partial charge in [0.25, 0.3) is 0 Å². The summed E-state index contributed by atoms with van der Waals surface area (Å²) in [6.07, 6.45) is 3.74. The summed E-state index contributed by atoms with van der Waals surface area (Å²) in [6, 6.07) is 0. The van der Waals surface area contributed by atoms with Crippen molar-refractivity contribution < 1.29 is 25.9 Å². The summed E-state index contributed by atoms with van der Waals surface area (Å²) in [7, 11) is 0. The van der Waals surface area contributed by atoms with E-state index < -0.39 is 0 Å². The van der Waals surface area contributed by atoms with Gasteiger partial charge >= 0.3 is 0 Å². The van der Waals surface area contributed by atoms with E-state index in [0.717, 1.165) is 36.3 Å². The molecule has 0 fully saturated rings. The first-order chi connectivity index (χ1) is 6.22. The molecule has 14 heavy (non-hydrogen) atoms. The Bertz CT molecular complexity index is 275. The minimum Gasteiger partial charge on any atom is -0.333 e. The average Bonchev–Trinajstić information content (AvgIpc) is 2.51. The van der Waals surface area contributed by atoms with E-state index in [1.165, 1.54) is 0 Å². The Balaban J connectivity index is 0.00000169. The smallest absolute Gasteiger partial charge is 0.0928 e. The molecule has 0 aromatic carbocycles. The van der Waals surface area contributed by atoms with Crippen molar-refractivity contribution in [1.29, 1.82) is 0 Å². The van der Waals surface area contributed by atoms with Crippen LogP contribution < -0.4 is 0 Å². The minimum atomic E-state index is -0.0546. The third-order valence-corrected chi connectivity index (χ3v) is 2.85. The van der Waals surface area contributed by atoms with E-state index >= 15 is 0 Å². The van der Waals surface area contributed by atoms with Crippen molar-refractivity contribution in [2.24, 2.45) is 5.92 Å². The SMILES string of the molecule is [CH2-]C(C=O)CCCc1nc(C)cs1.[W]. The number of aryl methyl sites for hydroxylation is 2. The van der Waals surface area contributed by atoms with Crippen LogP contribution >= 0.6 is 11.3 Å². The fourth-order valence-corrected chi connectivity index (χ4v) is 1.92. The van der Waals surface area contributed by atoms with Crippen LogP contribution in [0.1, 0.15) is 23.5 Å². The van der Waals surface area contributed by atoms with E-state index in [0.29, 0.717) is 0 Å². The second-order valence-corrected chi connectivity index (χ2v) is 4.11. The molecule has 0 saturated heterocycles. The van der Waals surface area contributed by atoms with Gasteiger partial charge in [-0.25, -0.2) is 4.98 Å². The van der Waals surface area contributed by atoms with Crippen LogP contribution in [0.25, 0.3) is 0 Å². The Morgan fingerprint density at radius 2 is 2.43 bits per heavy atom. The molecule has 1 aromatic heterocycles. The number of aromatic nitrogens is 1. The van der Waals surface area contributed by atoms with Gasteiger partial charge in [-0.05, 0) is 19.8 Å². The van der Waals surface area contributed by atoms with Gasteiger partial charge in [-0.15, -0.1) is 17.3 Å². The van der Waals surface area contributed by atoms with Gasteiger partial charge in [0.2, 0.25) is 0 Å². The summed E-state index contributed by atoms with van der Waals surface area (Å²) in [4.78, 5) is 14.6. The third-order valence-electron chi connectivity index (χ3n) is 1.82. The van der Waals surface area contributed by atoms with Gasteiger partial charge in [0.05, 0.1) is 11.3 Å². The normalized spacial score (nSPS) is 11.9. The first-order valence-corrected chi connectivity index (χ1v) is 5.29. The quantitative estimate of drug-likeness (QED) is 0.580. The van der Waals surface area contributed by atoms with Crippen LogP contribution in [-0.2, 0) is 32.3 Å². The first kappa shape index (κ1) is 14.0. The first-order valence-electron chi connectivity index (χ1n) is 4.41. The van der Waals surface area contributed by atoms with Crippen molar-refractivity contribution in [1.82, 2.24) is 4.98 Å². The molecule has 1 rings (SSSR count). The number of thiazole rings is 1. The molecule has 1 atom stereocenters. The maximum absolute atomic E-state index is 10.3. The van der Waals surface area contributed by atoms with Crippen LogP contribution in [0.4, 0.5) is 0 Å². The fraction of sp³-hybridized carbons (Fsp3) is 0.500. The monoisotopic (exact) mass is 380 g/mol. The Kier molecular flexibility index (Phi) is 7.30. The van der Waals surface area contributed by atoms with E-state index in [-0.39, 0.29) is 27.0 Å². The van der Waals surface area contributed by atoms with Gasteiger partial charge in [0.1, 0.15) is 0 Å². The number of aldehydes is 1. The zero-order valence-electron chi connectivity index (χ0n) is 8.23. The number of hydrogen-bond donors (Lipinski definition) is 0. The molecule has 78 valence electrons. The molecule has 0 saturated carbocycles. The molecule has 4 heteroatoms. The summed E-state index contributed by atoms with van der Waals surface area (Å²) in [5, 5.41) is 3.21. The van der Waals surface area contributed by atoms with Gasteiger partial charge < -0.3 is 11.7 Å². The summed E-state index contributed by atoms with van der Waals surface area (Å²) in [5.41, 5.74) is 1.08. The van der Waals surface area contributed by atoms with E-state index in [4.69, 9.17) is 0 Å². The summed E-state index contributed by atoms with van der Waals surface area (Å²) in [5.74, 6) is -0.0546. The summed E-state index contributed by atoms with van der Waals surface area (Å²) >= 11 is 1.69. The maximum atomic E-state index is 10.3. The van der Waals surface area contributed by atoms with Crippen LogP contribution in [0.15, 0.2) is 5.38 Å². The molecule has 2 nitrogen and oxygen atoms in total. The summed E-state index contributed by atoms with van der Waals surface area (Å²) in [6.45, 7) is 5.70. The number of carbonyl (C=O) groups excluding carboxylic acids is 1. The molecule has 0 aliphatic rings. The standard InChI is InChI=1S/C10H14NOS.W/c1-8(6-12)4-3-5-10-11-9(2)7-13-10;/h6-8H,1,3-5H2,2H3;/q-1;. The molecule has 0 N–H and O–H groups in total. The van der Waals surface area contributed by atoms with E-state index in [1.807, 2.05) is 6.92 Å². The fourth-order valence-electron chi connectivity index (χ4n) is 1.10. The minimum absolute atomic E-state index is 0. The Labute approximate surface area is 103 Å². The molecule has 0 aliphatic carbocycles. The maximum Gasteiger partial charge on any atom is 0.0928 e. The van der Waals surface area contributed by atoms with Gasteiger partial charge in [-0.1, -0.05) is 6.42 Å². The second kappa shape index (κ2) is 7.30. The predicted octanol–water partition coefficient (Wildman–Crippen LogP) is 2.42. The molecule has 0 radical (unpaired) electrons. The van der Waals surface area contributed by atoms with Crippen LogP contribution in [0.5, 0.6) is 0 Å². The number of nitrogens with zero attached hydrogens (tertiary/aromatic N) is 1. The summed E-state index contributed by atoms with van der Waals surface area (Å²) < 4.78 is 0. The van der Waals surface area contributed by atoms with Crippen LogP contribution in [0.2, 0.25) is 0 Å². The predicted molar refractivity (Wildman–Crippen MR) is 54.7 cm³/mol. The molecule has 1 aromatic rings. The third kappa shape index (κ3) is 5.02. The van der Waals surface area contributed by atoms with Crippen LogP contribution in [-0.4, -0.2) is 11.3 Å². The van der Waals surface area contributed by atoms with Crippen LogP contribution in [0.3, 0.4) is 0 Å². The van der Waals surface area contributed by atoms with Crippen molar-refractivity contribution in [3.8, 4) is 0 Å². The zero-order chi connectivity index (χ0) is 9.68. The van der Waals surface area contributed by atoms with E-state index in [1.54, 1.807) is 11.3 Å². The van der Waals surface area contributed by atoms with Gasteiger partial charge in [-0.2, -0.15) is 0 Å². The number of carbonyl (C=O) groups is 1. The van der Waals surface area contributed by atoms with Crippen LogP contribution in [0, 0.1) is 19.8 Å². The number of rotatable bonds is 5. The van der Waals surface area contributed by atoms with Gasteiger partial charge in [0, 0.05) is 32.1 Å². The van der Waals surface area contributed by atoms with E-state index in [9.17, 15) is 4.79 Å². The molecule has 1 heterocycles. The Hall–Kier alpha value is -0.0117. The molecule has 0 amide bonds. The second-order valence-electron chi connectivity index (χ2n) is 3.17. The van der Waals surface area contributed by atoms with Gasteiger partial charge in [0.15, 0.2) is 0 Å². The molecule has 0 bridgehead atoms. The topological polar surface area (TPSA) is 30.0 Å². The number of hydrogen-bond acceptors (Lipinski definition) is 3. The van der Waals surface area contributed by atoms with Crippen molar-refractivity contribution in [2.45, 2.75) is 26.2 Å². The van der Waals surface area contributed by atoms with E-state index in [2.05, 4.69) is 17.3 Å². The largest absolute Gasteiger partial charge is 0.333 e. The van der Waals surface area contributed by atoms with Crippen molar-refractivity contribution >= 4 is 17.6 Å². The van der Waals surface area contributed by atoms with Crippen molar-refractivity contribution in [3.05, 3.63) is 23.0 Å². The van der Waals surface area contributed by atoms with Crippen molar-refractivity contribution in [3.63, 3.8) is 0 Å². The average molecular weight is 380 g/mol. The Morgan fingerprint density at radius 3 is 2.93 bits per heavy atom. The van der Waals surface area contributed by atoms with Gasteiger partial charge in [-0.3, -0.25) is 0 Å². The molecular weight excluding hydrogens is 366 g/mol. The zero-order valence-corrected chi connectivity index (χ0v) is 12.0. The molecule has 0 spiro atoms. The molecule has 0 aliphatic heterocycles. The van der Waals surface area contributed by atoms with Crippen molar-refractivity contribution in [2.75, 3.05) is 0 Å².